The predicted octanol–water partition coefficient (Wildman–Crippen LogP) is -0.617. The smallest absolute Gasteiger partial charge is 0.154 e. The Morgan fingerprint density at radius 2 is 2.29 bits per heavy atom. The first kappa shape index (κ1) is 9.67. The van der Waals surface area contributed by atoms with Gasteiger partial charge in [0, 0.05) is 19.0 Å². The topological polar surface area (TPSA) is 72.2 Å². The molecule has 0 bridgehead atoms. The van der Waals surface area contributed by atoms with Gasteiger partial charge < -0.3 is 5.11 Å². The number of sulfone groups is 1. The number of nitrogens with zero attached hydrogens (tertiary/aromatic N) is 2. The summed E-state index contributed by atoms with van der Waals surface area (Å²) in [6.07, 6.45) is 0.464. The van der Waals surface area contributed by atoms with Gasteiger partial charge in [0.05, 0.1) is 29.5 Å². The highest BCUT2D eigenvalue weighted by molar-refractivity contribution is 7.90. The molecule has 0 saturated heterocycles. The molecule has 1 aromatic heterocycles. The van der Waals surface area contributed by atoms with E-state index in [0.29, 0.717) is 17.7 Å². The molecule has 1 aliphatic heterocycles. The van der Waals surface area contributed by atoms with Crippen LogP contribution in [0, 0.1) is 0 Å². The van der Waals surface area contributed by atoms with Gasteiger partial charge in [0.1, 0.15) is 0 Å². The van der Waals surface area contributed by atoms with Crippen LogP contribution < -0.4 is 0 Å². The third-order valence-electron chi connectivity index (χ3n) is 2.52. The minimum atomic E-state index is -2.98. The third kappa shape index (κ3) is 1.44. The first-order chi connectivity index (χ1) is 6.53. The Bertz CT molecular complexity index is 461. The number of aryl methyl sites for hydroxylation is 2. The highest BCUT2D eigenvalue weighted by Gasteiger charge is 2.27. The van der Waals surface area contributed by atoms with E-state index < -0.39 is 9.84 Å². The molecule has 0 radical (unpaired) electrons. The van der Waals surface area contributed by atoms with Crippen molar-refractivity contribution in [3.63, 3.8) is 0 Å². The first-order valence-electron chi connectivity index (χ1n) is 4.38. The normalized spacial score (nSPS) is 19.3. The summed E-state index contributed by atoms with van der Waals surface area (Å²) in [6.45, 7) is -0.158. The van der Waals surface area contributed by atoms with E-state index in [4.69, 9.17) is 5.11 Å². The maximum absolute atomic E-state index is 11.4. The van der Waals surface area contributed by atoms with Gasteiger partial charge in [0.2, 0.25) is 0 Å². The number of hydrogen-bond acceptors (Lipinski definition) is 4. The van der Waals surface area contributed by atoms with Crippen molar-refractivity contribution in [2.24, 2.45) is 7.05 Å². The standard InChI is InChI=1S/C8H12N2O3S/c1-10-8(4-11)6-5-14(12,13)3-2-7(6)9-10/h11H,2-5H2,1H3. The van der Waals surface area contributed by atoms with Crippen LogP contribution in [0.4, 0.5) is 0 Å². The lowest BCUT2D eigenvalue weighted by atomic mass is 10.1. The SMILES string of the molecule is Cn1nc2c(c1CO)CS(=O)(=O)CC2. The first-order valence-corrected chi connectivity index (χ1v) is 6.20. The van der Waals surface area contributed by atoms with Crippen LogP contribution in [0.2, 0.25) is 0 Å². The number of aromatic nitrogens is 2. The molecular weight excluding hydrogens is 204 g/mol. The molecule has 0 aliphatic carbocycles. The van der Waals surface area contributed by atoms with E-state index >= 15 is 0 Å². The second kappa shape index (κ2) is 3.06. The molecule has 0 saturated carbocycles. The summed E-state index contributed by atoms with van der Waals surface area (Å²) in [5, 5.41) is 13.3. The Labute approximate surface area is 82.3 Å². The molecule has 78 valence electrons. The predicted molar refractivity (Wildman–Crippen MR) is 50.3 cm³/mol. The molecule has 6 heteroatoms. The zero-order valence-corrected chi connectivity index (χ0v) is 8.71. The average molecular weight is 216 g/mol. The number of hydrogen-bond donors (Lipinski definition) is 1. The summed E-state index contributed by atoms with van der Waals surface area (Å²) < 4.78 is 24.3. The maximum atomic E-state index is 11.4. The molecule has 1 N–H and O–H groups in total. The van der Waals surface area contributed by atoms with Gasteiger partial charge in [-0.05, 0) is 0 Å². The van der Waals surface area contributed by atoms with E-state index in [1.807, 2.05) is 0 Å². The van der Waals surface area contributed by atoms with Gasteiger partial charge in [0.25, 0.3) is 0 Å². The van der Waals surface area contributed by atoms with Gasteiger partial charge in [-0.2, -0.15) is 5.10 Å². The van der Waals surface area contributed by atoms with Gasteiger partial charge in [-0.3, -0.25) is 4.68 Å². The lowest BCUT2D eigenvalue weighted by Gasteiger charge is -2.11. The van der Waals surface area contributed by atoms with Crippen molar-refractivity contribution in [1.29, 1.82) is 0 Å². The van der Waals surface area contributed by atoms with Gasteiger partial charge in [-0.15, -0.1) is 0 Å². The van der Waals surface area contributed by atoms with E-state index in [2.05, 4.69) is 5.10 Å². The Morgan fingerprint density at radius 3 is 2.93 bits per heavy atom. The fourth-order valence-electron chi connectivity index (χ4n) is 1.77. The molecular formula is C8H12N2O3S. The van der Waals surface area contributed by atoms with E-state index in [-0.39, 0.29) is 18.1 Å². The minimum absolute atomic E-state index is 0.0199. The maximum Gasteiger partial charge on any atom is 0.154 e. The highest BCUT2D eigenvalue weighted by atomic mass is 32.2. The Hall–Kier alpha value is -0.880. The van der Waals surface area contributed by atoms with Crippen LogP contribution in [0.3, 0.4) is 0 Å². The summed E-state index contributed by atoms with van der Waals surface area (Å²) in [7, 11) is -1.26. The van der Waals surface area contributed by atoms with Crippen LogP contribution in [0.1, 0.15) is 17.0 Å². The number of rotatable bonds is 1. The molecule has 2 rings (SSSR count). The van der Waals surface area contributed by atoms with Crippen LogP contribution in [-0.2, 0) is 35.7 Å². The molecule has 0 spiro atoms. The van der Waals surface area contributed by atoms with Crippen LogP contribution in [0.5, 0.6) is 0 Å². The largest absolute Gasteiger partial charge is 0.390 e. The highest BCUT2D eigenvalue weighted by Crippen LogP contribution is 2.23. The molecule has 2 heterocycles. The van der Waals surface area contributed by atoms with Crippen molar-refractivity contribution < 1.29 is 13.5 Å². The minimum Gasteiger partial charge on any atom is -0.390 e. The van der Waals surface area contributed by atoms with Crippen molar-refractivity contribution in [2.75, 3.05) is 5.75 Å². The van der Waals surface area contributed by atoms with Crippen molar-refractivity contribution in [3.05, 3.63) is 17.0 Å². The Kier molecular flexibility index (Phi) is 2.11. The van der Waals surface area contributed by atoms with Gasteiger partial charge in [0.15, 0.2) is 9.84 Å². The van der Waals surface area contributed by atoms with E-state index in [1.165, 1.54) is 0 Å². The molecule has 0 aromatic carbocycles. The van der Waals surface area contributed by atoms with E-state index in [1.54, 1.807) is 11.7 Å². The summed E-state index contributed by atoms with van der Waals surface area (Å²) in [5.41, 5.74) is 2.12. The van der Waals surface area contributed by atoms with Crippen LogP contribution >= 0.6 is 0 Å². The Balaban J connectivity index is 2.54. The molecule has 0 amide bonds. The zero-order chi connectivity index (χ0) is 10.3. The van der Waals surface area contributed by atoms with E-state index in [9.17, 15) is 8.42 Å². The molecule has 1 aliphatic rings. The number of aliphatic hydroxyl groups is 1. The second-order valence-electron chi connectivity index (χ2n) is 3.50. The molecule has 1 aromatic rings. The molecule has 0 atom stereocenters. The van der Waals surface area contributed by atoms with Gasteiger partial charge in [-0.1, -0.05) is 0 Å². The summed E-state index contributed by atoms with van der Waals surface area (Å²) in [4.78, 5) is 0. The zero-order valence-electron chi connectivity index (χ0n) is 7.89. The number of aliphatic hydroxyl groups excluding tert-OH is 1. The third-order valence-corrected chi connectivity index (χ3v) is 4.08. The van der Waals surface area contributed by atoms with Crippen molar-refractivity contribution in [1.82, 2.24) is 9.78 Å². The van der Waals surface area contributed by atoms with Gasteiger partial charge >= 0.3 is 0 Å². The van der Waals surface area contributed by atoms with Gasteiger partial charge in [-0.25, -0.2) is 8.42 Å². The van der Waals surface area contributed by atoms with Crippen LogP contribution in [-0.4, -0.2) is 29.1 Å². The fraction of sp³-hybridized carbons (Fsp3) is 0.625. The van der Waals surface area contributed by atoms with Crippen LogP contribution in [0.15, 0.2) is 0 Å². The lowest BCUT2D eigenvalue weighted by molar-refractivity contribution is 0.269. The molecule has 0 fully saturated rings. The number of fused-ring (bicyclic) bond motifs is 1. The van der Waals surface area contributed by atoms with Crippen molar-refractivity contribution >= 4 is 9.84 Å². The lowest BCUT2D eigenvalue weighted by Crippen LogP contribution is -2.19. The fourth-order valence-corrected chi connectivity index (χ4v) is 3.19. The molecule has 14 heavy (non-hydrogen) atoms. The monoisotopic (exact) mass is 216 g/mol. The molecule has 0 unspecified atom stereocenters. The Morgan fingerprint density at radius 1 is 1.57 bits per heavy atom. The van der Waals surface area contributed by atoms with Crippen molar-refractivity contribution in [3.8, 4) is 0 Å². The summed E-state index contributed by atoms with van der Waals surface area (Å²) in [5.74, 6) is 0.188. The van der Waals surface area contributed by atoms with E-state index in [0.717, 1.165) is 5.69 Å². The van der Waals surface area contributed by atoms with Crippen molar-refractivity contribution in [2.45, 2.75) is 18.8 Å². The van der Waals surface area contributed by atoms with Crippen LogP contribution in [0.25, 0.3) is 0 Å². The average Bonchev–Trinajstić information content (AvgIpc) is 2.39. The second-order valence-corrected chi connectivity index (χ2v) is 5.68. The summed E-state index contributed by atoms with van der Waals surface area (Å²) in [6, 6.07) is 0. The quantitative estimate of drug-likeness (QED) is 0.679. The summed E-state index contributed by atoms with van der Waals surface area (Å²) >= 11 is 0. The molecule has 5 nitrogen and oxygen atoms in total.